The summed E-state index contributed by atoms with van der Waals surface area (Å²) in [7, 11) is 0. The van der Waals surface area contributed by atoms with Gasteiger partial charge in [0, 0.05) is 26.1 Å². The van der Waals surface area contributed by atoms with E-state index in [1.165, 1.54) is 18.2 Å². The van der Waals surface area contributed by atoms with E-state index < -0.39 is 18.7 Å². The molecule has 4 aromatic carbocycles. The molecule has 0 unspecified atom stereocenters. The molecule has 0 aliphatic rings. The topological polar surface area (TPSA) is 26.3 Å². The summed E-state index contributed by atoms with van der Waals surface area (Å²) in [4.78, 5) is 13.0. The zero-order valence-corrected chi connectivity index (χ0v) is 21.8. The predicted molar refractivity (Wildman–Crippen MR) is 145 cm³/mol. The molecule has 0 heterocycles. The van der Waals surface area contributed by atoms with Crippen LogP contribution in [0.15, 0.2) is 118 Å². The highest BCUT2D eigenvalue weighted by Crippen LogP contribution is 2.30. The molecule has 36 heavy (non-hydrogen) atoms. The molecule has 0 amide bonds. The highest BCUT2D eigenvalue weighted by atomic mass is 79.9. The van der Waals surface area contributed by atoms with Crippen LogP contribution < -0.4 is 10.9 Å². The summed E-state index contributed by atoms with van der Waals surface area (Å²) >= 11 is 6.87. The molecule has 0 fully saturated rings. The lowest BCUT2D eigenvalue weighted by molar-refractivity contribution is -0.137. The fourth-order valence-corrected chi connectivity index (χ4v) is 4.07. The van der Waals surface area contributed by atoms with Crippen molar-refractivity contribution in [2.45, 2.75) is 6.18 Å². The lowest BCUT2D eigenvalue weighted by Crippen LogP contribution is -2.44. The van der Waals surface area contributed by atoms with Crippen LogP contribution >= 0.6 is 31.9 Å². The van der Waals surface area contributed by atoms with Gasteiger partial charge in [0.05, 0.1) is 5.56 Å². The number of alkyl halides is 3. The average molecular weight is 614 g/mol. The van der Waals surface area contributed by atoms with Crippen molar-refractivity contribution in [1.29, 1.82) is 0 Å². The minimum atomic E-state index is -4.47. The van der Waals surface area contributed by atoms with Gasteiger partial charge in [0.15, 0.2) is 5.78 Å². The minimum Gasteiger partial charge on any atom is -0.551 e. The Labute approximate surface area is 224 Å². The van der Waals surface area contributed by atoms with Gasteiger partial charge in [0.25, 0.3) is 0 Å². The van der Waals surface area contributed by atoms with Gasteiger partial charge in [-0.1, -0.05) is 98.6 Å². The average Bonchev–Trinajstić information content (AvgIpc) is 2.88. The van der Waals surface area contributed by atoms with Crippen molar-refractivity contribution in [3.05, 3.63) is 135 Å². The number of carbonyl (C=O) groups is 1. The number of hydrogen-bond donors (Lipinski definition) is 0. The molecule has 2 nitrogen and oxygen atoms in total. The Morgan fingerprint density at radius 3 is 1.67 bits per heavy atom. The minimum absolute atomic E-state index is 0.161. The number of benzene rings is 4. The molecule has 0 N–H and O–H groups in total. The monoisotopic (exact) mass is 612 g/mol. The Bertz CT molecular complexity index is 1310. The lowest BCUT2D eigenvalue weighted by atomic mass is 9.55. The summed E-state index contributed by atoms with van der Waals surface area (Å²) in [6.45, 7) is -0.622. The second kappa shape index (κ2) is 11.3. The van der Waals surface area contributed by atoms with E-state index >= 15 is 0 Å². The molecule has 8 heteroatoms. The van der Waals surface area contributed by atoms with Gasteiger partial charge in [0.2, 0.25) is 0 Å². The molecular weight excluding hydrogens is 596 g/mol. The maximum Gasteiger partial charge on any atom is 0.426 e. The number of hydrogen-bond acceptors (Lipinski definition) is 2. The fourth-order valence-electron chi connectivity index (χ4n) is 3.54. The largest absolute Gasteiger partial charge is 0.551 e. The van der Waals surface area contributed by atoms with Crippen molar-refractivity contribution in [3.8, 4) is 0 Å². The SMILES string of the molecule is O=C(/C=C(\OB(c1ccc(Br)cc1)c1ccc(Br)cc1)c1ccc(C(F)(F)F)cc1)c1ccccc1. The van der Waals surface area contributed by atoms with E-state index in [-0.39, 0.29) is 11.5 Å². The van der Waals surface area contributed by atoms with Crippen LogP contribution in [0.2, 0.25) is 0 Å². The first kappa shape index (κ1) is 26.0. The van der Waals surface area contributed by atoms with Gasteiger partial charge in [-0.15, -0.1) is 0 Å². The van der Waals surface area contributed by atoms with Crippen molar-refractivity contribution in [1.82, 2.24) is 0 Å². The summed E-state index contributed by atoms with van der Waals surface area (Å²) in [5, 5.41) is 0. The third kappa shape index (κ3) is 6.56. The summed E-state index contributed by atoms with van der Waals surface area (Å²) in [6, 6.07) is 28.3. The molecular formula is C28H18BBr2F3O2. The van der Waals surface area contributed by atoms with E-state index in [4.69, 9.17) is 4.65 Å². The Balaban J connectivity index is 1.79. The number of allylic oxidation sites excluding steroid dienone is 1. The third-order valence-corrected chi connectivity index (χ3v) is 6.46. The highest BCUT2D eigenvalue weighted by Gasteiger charge is 2.31. The Morgan fingerprint density at radius 1 is 0.694 bits per heavy atom. The molecule has 0 aliphatic carbocycles. The molecule has 0 spiro atoms. The van der Waals surface area contributed by atoms with E-state index in [2.05, 4.69) is 31.9 Å². The Hall–Kier alpha value is -3.10. The van der Waals surface area contributed by atoms with Crippen LogP contribution in [0.1, 0.15) is 21.5 Å². The van der Waals surface area contributed by atoms with Crippen molar-refractivity contribution < 1.29 is 22.6 Å². The summed E-state index contributed by atoms with van der Waals surface area (Å²) < 4.78 is 47.7. The van der Waals surface area contributed by atoms with Gasteiger partial charge in [-0.2, -0.15) is 13.2 Å². The Morgan fingerprint density at radius 2 is 1.19 bits per heavy atom. The second-order valence-electron chi connectivity index (χ2n) is 7.91. The molecule has 0 aliphatic heterocycles. The van der Waals surface area contributed by atoms with E-state index in [1.807, 2.05) is 48.5 Å². The van der Waals surface area contributed by atoms with Crippen LogP contribution in [0.5, 0.6) is 0 Å². The van der Waals surface area contributed by atoms with Crippen LogP contribution in [-0.2, 0) is 10.8 Å². The molecule has 180 valence electrons. The summed E-state index contributed by atoms with van der Waals surface area (Å²) in [5.41, 5.74) is 1.63. The normalized spacial score (nSPS) is 11.8. The van der Waals surface area contributed by atoms with Crippen LogP contribution in [0.3, 0.4) is 0 Å². The highest BCUT2D eigenvalue weighted by molar-refractivity contribution is 9.10. The van der Waals surface area contributed by atoms with Crippen molar-refractivity contribution in [2.75, 3.05) is 0 Å². The molecule has 0 radical (unpaired) electrons. The van der Waals surface area contributed by atoms with Crippen molar-refractivity contribution >= 4 is 61.2 Å². The molecule has 0 atom stereocenters. The molecule has 0 saturated carbocycles. The van der Waals surface area contributed by atoms with Gasteiger partial charge in [0.1, 0.15) is 5.76 Å². The maximum atomic E-state index is 13.2. The van der Waals surface area contributed by atoms with Gasteiger partial charge >= 0.3 is 13.1 Å². The standard InChI is InChI=1S/C28H18BBr2F3O2/c30-24-14-10-22(11-15-24)29(23-12-16-25(31)17-13-23)36-27(18-26(35)19-4-2-1-3-5-19)20-6-8-21(9-7-20)28(32,33)34/h1-18H/b27-18-. The van der Waals surface area contributed by atoms with Gasteiger partial charge in [-0.05, 0) is 47.3 Å². The summed E-state index contributed by atoms with van der Waals surface area (Å²) in [5.74, 6) is -0.163. The smallest absolute Gasteiger partial charge is 0.426 e. The van der Waals surface area contributed by atoms with Gasteiger partial charge in [-0.3, -0.25) is 4.79 Å². The maximum absolute atomic E-state index is 13.2. The number of rotatable bonds is 7. The molecule has 4 rings (SSSR count). The molecule has 4 aromatic rings. The predicted octanol–water partition coefficient (Wildman–Crippen LogP) is 7.28. The summed E-state index contributed by atoms with van der Waals surface area (Å²) in [6.07, 6.45) is -3.15. The Kier molecular flexibility index (Phi) is 8.16. The van der Waals surface area contributed by atoms with E-state index in [0.29, 0.717) is 11.1 Å². The first-order chi connectivity index (χ1) is 17.2. The van der Waals surface area contributed by atoms with Crippen LogP contribution in [-0.4, -0.2) is 12.7 Å². The fraction of sp³-hybridized carbons (Fsp3) is 0.0357. The molecule has 0 saturated heterocycles. The van der Waals surface area contributed by atoms with E-state index in [0.717, 1.165) is 32.0 Å². The van der Waals surface area contributed by atoms with Gasteiger partial charge in [-0.25, -0.2) is 0 Å². The number of carbonyl (C=O) groups excluding carboxylic acids is 1. The quantitative estimate of drug-likeness (QED) is 0.0948. The first-order valence-electron chi connectivity index (χ1n) is 10.9. The van der Waals surface area contributed by atoms with Crippen molar-refractivity contribution in [2.24, 2.45) is 0 Å². The van der Waals surface area contributed by atoms with Gasteiger partial charge < -0.3 is 4.65 Å². The molecule has 0 bridgehead atoms. The zero-order valence-electron chi connectivity index (χ0n) is 18.7. The lowest BCUT2D eigenvalue weighted by Gasteiger charge is -2.20. The molecule has 0 aromatic heterocycles. The van der Waals surface area contributed by atoms with Crippen LogP contribution in [0.4, 0.5) is 13.2 Å². The van der Waals surface area contributed by atoms with Crippen LogP contribution in [0, 0.1) is 0 Å². The van der Waals surface area contributed by atoms with Crippen molar-refractivity contribution in [3.63, 3.8) is 0 Å². The second-order valence-corrected chi connectivity index (χ2v) is 9.75. The third-order valence-electron chi connectivity index (χ3n) is 5.41. The number of ketones is 1. The zero-order chi connectivity index (χ0) is 25.7. The first-order valence-corrected chi connectivity index (χ1v) is 12.5. The van der Waals surface area contributed by atoms with Crippen LogP contribution in [0.25, 0.3) is 5.76 Å². The van der Waals surface area contributed by atoms with E-state index in [1.54, 1.807) is 30.3 Å². The number of halogens is 5. The van der Waals surface area contributed by atoms with E-state index in [9.17, 15) is 18.0 Å².